The smallest absolute Gasteiger partial charge is 0.235 e. The number of ether oxygens (including phenoxy) is 1. The minimum Gasteiger partial charge on any atom is -0.378 e. The molecule has 2 aliphatic rings. The van der Waals surface area contributed by atoms with Gasteiger partial charge in [-0.1, -0.05) is 36.6 Å². The zero-order valence-corrected chi connectivity index (χ0v) is 19.7. The van der Waals surface area contributed by atoms with Crippen LogP contribution in [0.25, 0.3) is 0 Å². The average molecular weight is 478 g/mol. The second-order valence-electron chi connectivity index (χ2n) is 8.85. The van der Waals surface area contributed by atoms with Crippen LogP contribution in [0.5, 0.6) is 0 Å². The Balaban J connectivity index is 1.26. The van der Waals surface area contributed by atoms with Crippen LogP contribution >= 0.6 is 11.6 Å². The van der Waals surface area contributed by atoms with Gasteiger partial charge in [0.1, 0.15) is 0 Å². The molecule has 1 amide bonds. The normalized spacial score (nSPS) is 17.4. The summed E-state index contributed by atoms with van der Waals surface area (Å²) in [4.78, 5) is 15.6. The molecule has 7 nitrogen and oxygen atoms in total. The quantitative estimate of drug-likeness (QED) is 0.510. The molecular formula is C26H28ClN5O2. The van der Waals surface area contributed by atoms with Crippen molar-refractivity contribution in [1.82, 2.24) is 10.2 Å². The van der Waals surface area contributed by atoms with Crippen molar-refractivity contribution in [2.75, 3.05) is 41.8 Å². The second-order valence-corrected chi connectivity index (χ2v) is 9.29. The summed E-state index contributed by atoms with van der Waals surface area (Å²) in [6, 6.07) is 17.4. The third-order valence-corrected chi connectivity index (χ3v) is 6.97. The third kappa shape index (κ3) is 4.86. The first kappa shape index (κ1) is 22.6. The maximum absolute atomic E-state index is 13.4. The SMILES string of the molecule is O=C(Nc1ccc(Nc2cc(N3CCOCC3)cnn2)cc1)C1(c2ccc(Cl)cc2)CCCC1. The summed E-state index contributed by atoms with van der Waals surface area (Å²) in [6.45, 7) is 3.13. The van der Waals surface area contributed by atoms with Crippen LogP contribution in [0.2, 0.25) is 5.02 Å². The number of anilines is 4. The first-order chi connectivity index (χ1) is 16.6. The van der Waals surface area contributed by atoms with Crippen molar-refractivity contribution >= 4 is 40.4 Å². The number of carbonyl (C=O) groups excluding carboxylic acids is 1. The summed E-state index contributed by atoms with van der Waals surface area (Å²) < 4.78 is 5.43. The van der Waals surface area contributed by atoms with Crippen molar-refractivity contribution in [3.05, 3.63) is 71.4 Å². The van der Waals surface area contributed by atoms with E-state index in [-0.39, 0.29) is 5.91 Å². The maximum Gasteiger partial charge on any atom is 0.235 e. The second kappa shape index (κ2) is 9.99. The van der Waals surface area contributed by atoms with Crippen LogP contribution < -0.4 is 15.5 Å². The Bertz CT molecular complexity index is 1120. The molecule has 1 saturated heterocycles. The molecule has 0 unspecified atom stereocenters. The van der Waals surface area contributed by atoms with Gasteiger partial charge in [-0.05, 0) is 54.8 Å². The fourth-order valence-electron chi connectivity index (χ4n) is 4.84. The predicted molar refractivity (Wildman–Crippen MR) is 135 cm³/mol. The molecule has 2 fully saturated rings. The first-order valence-electron chi connectivity index (χ1n) is 11.7. The Hall–Kier alpha value is -3.16. The van der Waals surface area contributed by atoms with Crippen LogP contribution in [-0.2, 0) is 14.9 Å². The molecule has 0 radical (unpaired) electrons. The number of carbonyl (C=O) groups is 1. The Morgan fingerprint density at radius 2 is 1.65 bits per heavy atom. The van der Waals surface area contributed by atoms with Gasteiger partial charge in [-0.2, -0.15) is 5.10 Å². The summed E-state index contributed by atoms with van der Waals surface area (Å²) in [6.07, 6.45) is 5.55. The summed E-state index contributed by atoms with van der Waals surface area (Å²) in [5, 5.41) is 15.5. The van der Waals surface area contributed by atoms with Crippen molar-refractivity contribution in [3.8, 4) is 0 Å². The van der Waals surface area contributed by atoms with E-state index in [9.17, 15) is 4.79 Å². The molecule has 2 N–H and O–H groups in total. The standard InChI is InChI=1S/C26H28ClN5O2/c27-20-5-3-19(4-6-20)26(11-1-2-12-26)25(33)30-22-9-7-21(8-10-22)29-24-17-23(18-28-31-24)32-13-15-34-16-14-32/h3-10,17-18H,1-2,11-16H2,(H,29,31)(H,30,33). The fraction of sp³-hybridized carbons (Fsp3) is 0.346. The van der Waals surface area contributed by atoms with E-state index in [2.05, 4.69) is 25.7 Å². The van der Waals surface area contributed by atoms with Gasteiger partial charge in [0.05, 0.1) is 30.5 Å². The summed E-state index contributed by atoms with van der Waals surface area (Å²) in [5.41, 5.74) is 3.19. The van der Waals surface area contributed by atoms with Gasteiger partial charge in [0.15, 0.2) is 5.82 Å². The molecule has 8 heteroatoms. The highest BCUT2D eigenvalue weighted by molar-refractivity contribution is 6.30. The van der Waals surface area contributed by atoms with E-state index < -0.39 is 5.41 Å². The van der Waals surface area contributed by atoms with Crippen LogP contribution in [-0.4, -0.2) is 42.4 Å². The molecule has 2 heterocycles. The van der Waals surface area contributed by atoms with E-state index in [0.29, 0.717) is 10.8 Å². The monoisotopic (exact) mass is 477 g/mol. The maximum atomic E-state index is 13.4. The van der Waals surface area contributed by atoms with Gasteiger partial charge in [-0.15, -0.1) is 5.10 Å². The number of aromatic nitrogens is 2. The molecule has 0 spiro atoms. The van der Waals surface area contributed by atoms with Crippen LogP contribution in [0, 0.1) is 0 Å². The zero-order chi connectivity index (χ0) is 23.4. The van der Waals surface area contributed by atoms with Crippen molar-refractivity contribution < 1.29 is 9.53 Å². The number of morpholine rings is 1. The van der Waals surface area contributed by atoms with Crippen LogP contribution in [0.4, 0.5) is 22.9 Å². The van der Waals surface area contributed by atoms with E-state index in [0.717, 1.165) is 74.6 Å². The molecule has 34 heavy (non-hydrogen) atoms. The van der Waals surface area contributed by atoms with Gasteiger partial charge in [-0.25, -0.2) is 0 Å². The number of amides is 1. The highest BCUT2D eigenvalue weighted by Gasteiger charge is 2.42. The Morgan fingerprint density at radius 1 is 0.971 bits per heavy atom. The largest absolute Gasteiger partial charge is 0.378 e. The highest BCUT2D eigenvalue weighted by Crippen LogP contribution is 2.42. The Kier molecular flexibility index (Phi) is 6.65. The molecule has 176 valence electrons. The predicted octanol–water partition coefficient (Wildman–Crippen LogP) is 5.16. The number of nitrogens with one attached hydrogen (secondary N) is 2. The van der Waals surface area contributed by atoms with E-state index >= 15 is 0 Å². The van der Waals surface area contributed by atoms with Crippen molar-refractivity contribution in [2.24, 2.45) is 0 Å². The average Bonchev–Trinajstić information content (AvgIpc) is 3.38. The third-order valence-electron chi connectivity index (χ3n) is 6.72. The number of benzene rings is 2. The number of hydrogen-bond donors (Lipinski definition) is 2. The lowest BCUT2D eigenvalue weighted by atomic mass is 9.78. The minimum absolute atomic E-state index is 0.0390. The van der Waals surface area contributed by atoms with Crippen molar-refractivity contribution in [3.63, 3.8) is 0 Å². The number of hydrogen-bond acceptors (Lipinski definition) is 6. The lowest BCUT2D eigenvalue weighted by molar-refractivity contribution is -0.121. The van der Waals surface area contributed by atoms with E-state index in [1.807, 2.05) is 54.6 Å². The summed E-state index contributed by atoms with van der Waals surface area (Å²) >= 11 is 6.07. The van der Waals surface area contributed by atoms with E-state index in [4.69, 9.17) is 16.3 Å². The van der Waals surface area contributed by atoms with Gasteiger partial charge < -0.3 is 20.3 Å². The van der Waals surface area contributed by atoms with Crippen LogP contribution in [0.3, 0.4) is 0 Å². The Morgan fingerprint density at radius 3 is 2.35 bits per heavy atom. The number of rotatable bonds is 6. The van der Waals surface area contributed by atoms with Gasteiger partial charge in [-0.3, -0.25) is 4.79 Å². The van der Waals surface area contributed by atoms with Gasteiger partial charge in [0.25, 0.3) is 0 Å². The molecule has 0 atom stereocenters. The summed E-state index contributed by atoms with van der Waals surface area (Å²) in [5.74, 6) is 0.713. The fourth-order valence-corrected chi connectivity index (χ4v) is 4.97. The molecule has 2 aromatic carbocycles. The molecule has 1 saturated carbocycles. The van der Waals surface area contributed by atoms with Crippen molar-refractivity contribution in [2.45, 2.75) is 31.1 Å². The molecule has 1 aliphatic carbocycles. The highest BCUT2D eigenvalue weighted by atomic mass is 35.5. The minimum atomic E-state index is -0.503. The first-order valence-corrected chi connectivity index (χ1v) is 12.1. The van der Waals surface area contributed by atoms with Gasteiger partial charge >= 0.3 is 0 Å². The van der Waals surface area contributed by atoms with Crippen LogP contribution in [0.1, 0.15) is 31.2 Å². The van der Waals surface area contributed by atoms with Gasteiger partial charge in [0.2, 0.25) is 5.91 Å². The van der Waals surface area contributed by atoms with Gasteiger partial charge in [0, 0.05) is 35.6 Å². The zero-order valence-electron chi connectivity index (χ0n) is 19.0. The number of halogens is 1. The lowest BCUT2D eigenvalue weighted by Crippen LogP contribution is -2.37. The summed E-state index contributed by atoms with van der Waals surface area (Å²) in [7, 11) is 0. The van der Waals surface area contributed by atoms with E-state index in [1.165, 1.54) is 0 Å². The molecule has 1 aromatic heterocycles. The van der Waals surface area contributed by atoms with E-state index in [1.54, 1.807) is 6.20 Å². The molecule has 0 bridgehead atoms. The Labute approximate surface area is 204 Å². The molecular weight excluding hydrogens is 450 g/mol. The topological polar surface area (TPSA) is 79.4 Å². The molecule has 1 aliphatic heterocycles. The molecule has 5 rings (SSSR count). The lowest BCUT2D eigenvalue weighted by Gasteiger charge is -2.28. The molecule has 3 aromatic rings. The van der Waals surface area contributed by atoms with Crippen molar-refractivity contribution in [1.29, 1.82) is 0 Å². The van der Waals surface area contributed by atoms with Crippen LogP contribution in [0.15, 0.2) is 60.8 Å². The number of nitrogens with zero attached hydrogens (tertiary/aromatic N) is 3.